The Morgan fingerprint density at radius 2 is 1.47 bits per heavy atom. The number of esters is 1. The van der Waals surface area contributed by atoms with Crippen LogP contribution in [0, 0.1) is 17.8 Å². The fourth-order valence-electron chi connectivity index (χ4n) is 3.25. The Balaban J connectivity index is 1.67. The van der Waals surface area contributed by atoms with Crippen LogP contribution in [0.3, 0.4) is 0 Å². The van der Waals surface area contributed by atoms with Crippen molar-refractivity contribution >= 4 is 11.9 Å². The molecule has 0 amide bonds. The van der Waals surface area contributed by atoms with Crippen molar-refractivity contribution in [3.63, 3.8) is 0 Å². The molecule has 0 radical (unpaired) electrons. The second-order valence-electron chi connectivity index (χ2n) is 6.02. The fourth-order valence-corrected chi connectivity index (χ4v) is 3.25. The molecule has 2 rings (SSSR count). The summed E-state index contributed by atoms with van der Waals surface area (Å²) in [5, 5.41) is 8.92. The molecule has 108 valence electrons. The van der Waals surface area contributed by atoms with Crippen molar-refractivity contribution in [3.8, 4) is 0 Å². The van der Waals surface area contributed by atoms with Crippen LogP contribution in [0.5, 0.6) is 0 Å². The molecule has 2 saturated carbocycles. The molecule has 19 heavy (non-hydrogen) atoms. The molecular formula is C15H24O4. The van der Waals surface area contributed by atoms with Crippen molar-refractivity contribution in [3.05, 3.63) is 0 Å². The highest BCUT2D eigenvalue weighted by Gasteiger charge is 2.31. The Hall–Kier alpha value is -1.06. The third kappa shape index (κ3) is 4.22. The van der Waals surface area contributed by atoms with Gasteiger partial charge in [0.15, 0.2) is 0 Å². The first-order valence-electron chi connectivity index (χ1n) is 7.56. The summed E-state index contributed by atoms with van der Waals surface area (Å²) in [7, 11) is 0. The number of carbonyl (C=O) groups excluding carboxylic acids is 1. The first-order valence-corrected chi connectivity index (χ1v) is 7.56. The van der Waals surface area contributed by atoms with Crippen LogP contribution in [0.2, 0.25) is 0 Å². The molecule has 0 aliphatic heterocycles. The van der Waals surface area contributed by atoms with Gasteiger partial charge in [-0.05, 0) is 44.4 Å². The molecule has 0 aromatic rings. The van der Waals surface area contributed by atoms with Crippen LogP contribution in [0.1, 0.15) is 57.8 Å². The largest absolute Gasteiger partial charge is 0.481 e. The molecule has 0 spiro atoms. The number of aliphatic carboxylic acids is 1. The minimum atomic E-state index is -0.728. The Bertz CT molecular complexity index is 312. The van der Waals surface area contributed by atoms with Gasteiger partial charge in [0.2, 0.25) is 0 Å². The number of carboxylic acids is 1. The summed E-state index contributed by atoms with van der Waals surface area (Å²) in [5.74, 6) is -0.613. The normalized spacial score (nSPS) is 28.8. The van der Waals surface area contributed by atoms with Crippen LogP contribution < -0.4 is 0 Å². The second-order valence-corrected chi connectivity index (χ2v) is 6.02. The standard InChI is InChI=1S/C15H24O4/c16-14(17)12-6-8-13(9-7-12)15(18)19-10-11-4-2-1-3-5-11/h11-13H,1-10H2,(H,16,17). The summed E-state index contributed by atoms with van der Waals surface area (Å²) in [4.78, 5) is 22.8. The summed E-state index contributed by atoms with van der Waals surface area (Å²) in [5.41, 5.74) is 0. The van der Waals surface area contributed by atoms with Crippen molar-refractivity contribution in [2.75, 3.05) is 6.61 Å². The van der Waals surface area contributed by atoms with Gasteiger partial charge in [0.05, 0.1) is 18.4 Å². The molecule has 4 nitrogen and oxygen atoms in total. The zero-order valence-corrected chi connectivity index (χ0v) is 11.5. The minimum Gasteiger partial charge on any atom is -0.481 e. The van der Waals surface area contributed by atoms with Gasteiger partial charge >= 0.3 is 11.9 Å². The maximum absolute atomic E-state index is 11.9. The van der Waals surface area contributed by atoms with Gasteiger partial charge in [-0.15, -0.1) is 0 Å². The smallest absolute Gasteiger partial charge is 0.308 e. The molecule has 2 aliphatic rings. The lowest BCUT2D eigenvalue weighted by molar-refractivity contribution is -0.154. The van der Waals surface area contributed by atoms with E-state index in [4.69, 9.17) is 9.84 Å². The lowest BCUT2D eigenvalue weighted by Crippen LogP contribution is -2.28. The predicted molar refractivity (Wildman–Crippen MR) is 70.6 cm³/mol. The number of ether oxygens (including phenoxy) is 1. The van der Waals surface area contributed by atoms with Gasteiger partial charge in [-0.1, -0.05) is 19.3 Å². The van der Waals surface area contributed by atoms with Crippen LogP contribution in [0.25, 0.3) is 0 Å². The van der Waals surface area contributed by atoms with Gasteiger partial charge in [-0.2, -0.15) is 0 Å². The average molecular weight is 268 g/mol. The van der Waals surface area contributed by atoms with Crippen LogP contribution in [-0.2, 0) is 14.3 Å². The second kappa shape index (κ2) is 6.92. The average Bonchev–Trinajstić information content (AvgIpc) is 2.46. The van der Waals surface area contributed by atoms with E-state index in [2.05, 4.69) is 0 Å². The van der Waals surface area contributed by atoms with Crippen LogP contribution in [0.4, 0.5) is 0 Å². The van der Waals surface area contributed by atoms with Crippen LogP contribution in [0.15, 0.2) is 0 Å². The molecule has 2 aliphatic carbocycles. The van der Waals surface area contributed by atoms with Gasteiger partial charge in [0.1, 0.15) is 0 Å². The van der Waals surface area contributed by atoms with Crippen molar-refractivity contribution in [2.45, 2.75) is 57.8 Å². The number of carboxylic acid groups (broad SMARTS) is 1. The number of carbonyl (C=O) groups is 2. The van der Waals surface area contributed by atoms with Crippen molar-refractivity contribution in [1.82, 2.24) is 0 Å². The molecule has 0 aromatic carbocycles. The van der Waals surface area contributed by atoms with E-state index < -0.39 is 5.97 Å². The zero-order chi connectivity index (χ0) is 13.7. The molecule has 4 heteroatoms. The highest BCUT2D eigenvalue weighted by Crippen LogP contribution is 2.30. The van der Waals surface area contributed by atoms with E-state index in [9.17, 15) is 9.59 Å². The summed E-state index contributed by atoms with van der Waals surface area (Å²) in [6.07, 6.45) is 8.73. The van der Waals surface area contributed by atoms with E-state index in [0.29, 0.717) is 38.2 Å². The van der Waals surface area contributed by atoms with E-state index >= 15 is 0 Å². The minimum absolute atomic E-state index is 0.0702. The maximum Gasteiger partial charge on any atom is 0.308 e. The van der Waals surface area contributed by atoms with Gasteiger partial charge in [-0.3, -0.25) is 9.59 Å². The van der Waals surface area contributed by atoms with Gasteiger partial charge in [-0.25, -0.2) is 0 Å². The molecule has 0 atom stereocenters. The molecule has 0 saturated heterocycles. The van der Waals surface area contributed by atoms with Gasteiger partial charge < -0.3 is 9.84 Å². The first-order chi connectivity index (χ1) is 9.16. The monoisotopic (exact) mass is 268 g/mol. The molecule has 0 aromatic heterocycles. The van der Waals surface area contributed by atoms with Crippen molar-refractivity contribution < 1.29 is 19.4 Å². The number of hydrogen-bond acceptors (Lipinski definition) is 3. The molecule has 0 bridgehead atoms. The highest BCUT2D eigenvalue weighted by atomic mass is 16.5. The van der Waals surface area contributed by atoms with Crippen molar-refractivity contribution in [2.24, 2.45) is 17.8 Å². The fraction of sp³-hybridized carbons (Fsp3) is 0.867. The Labute approximate surface area is 114 Å². The highest BCUT2D eigenvalue weighted by molar-refractivity contribution is 5.74. The summed E-state index contributed by atoms with van der Waals surface area (Å²) in [6, 6.07) is 0. The van der Waals surface area contributed by atoms with Crippen LogP contribution in [-0.4, -0.2) is 23.7 Å². The molecule has 0 unspecified atom stereocenters. The lowest BCUT2D eigenvalue weighted by atomic mass is 9.82. The summed E-state index contributed by atoms with van der Waals surface area (Å²) < 4.78 is 5.43. The SMILES string of the molecule is O=C(O)C1CCC(C(=O)OCC2CCCCC2)CC1. The molecule has 1 N–H and O–H groups in total. The zero-order valence-electron chi connectivity index (χ0n) is 11.5. The van der Waals surface area contributed by atoms with Crippen molar-refractivity contribution in [1.29, 1.82) is 0 Å². The topological polar surface area (TPSA) is 63.6 Å². The molecule has 2 fully saturated rings. The van der Waals surface area contributed by atoms with Crippen LogP contribution >= 0.6 is 0 Å². The predicted octanol–water partition coefficient (Wildman–Crippen LogP) is 3.00. The van der Waals surface area contributed by atoms with E-state index in [0.717, 1.165) is 0 Å². The molecule has 0 heterocycles. The first kappa shape index (κ1) is 14.4. The third-order valence-corrected chi connectivity index (χ3v) is 4.60. The number of rotatable bonds is 4. The quantitative estimate of drug-likeness (QED) is 0.796. The Morgan fingerprint density at radius 3 is 2.05 bits per heavy atom. The Kier molecular flexibility index (Phi) is 5.23. The lowest BCUT2D eigenvalue weighted by Gasteiger charge is -2.26. The maximum atomic E-state index is 11.9. The molecular weight excluding hydrogens is 244 g/mol. The van der Waals surface area contributed by atoms with E-state index in [-0.39, 0.29) is 17.8 Å². The number of hydrogen-bond donors (Lipinski definition) is 1. The van der Waals surface area contributed by atoms with Gasteiger partial charge in [0, 0.05) is 0 Å². The summed E-state index contributed by atoms with van der Waals surface area (Å²) >= 11 is 0. The van der Waals surface area contributed by atoms with E-state index in [1.807, 2.05) is 0 Å². The van der Waals surface area contributed by atoms with E-state index in [1.54, 1.807) is 0 Å². The Morgan fingerprint density at radius 1 is 0.895 bits per heavy atom. The van der Waals surface area contributed by atoms with Gasteiger partial charge in [0.25, 0.3) is 0 Å². The summed E-state index contributed by atoms with van der Waals surface area (Å²) in [6.45, 7) is 0.567. The van der Waals surface area contributed by atoms with E-state index in [1.165, 1.54) is 32.1 Å². The third-order valence-electron chi connectivity index (χ3n) is 4.60.